The summed E-state index contributed by atoms with van der Waals surface area (Å²) >= 11 is 0. The Morgan fingerprint density at radius 1 is 1.13 bits per heavy atom. The number of aliphatic imine (C=N–C) groups is 1. The van der Waals surface area contributed by atoms with Crippen LogP contribution in [0, 0.1) is 20.8 Å². The number of nitrogens with one attached hydrogen (secondary N) is 3. The third kappa shape index (κ3) is 8.09. The van der Waals surface area contributed by atoms with Gasteiger partial charge in [0.1, 0.15) is 17.1 Å². The quantitative estimate of drug-likeness (QED) is 0.161. The van der Waals surface area contributed by atoms with Gasteiger partial charge in [-0.3, -0.25) is 0 Å². The van der Waals surface area contributed by atoms with E-state index in [0.717, 1.165) is 11.3 Å². The van der Waals surface area contributed by atoms with E-state index in [1.54, 1.807) is 38.1 Å². The lowest BCUT2D eigenvalue weighted by Gasteiger charge is -2.19. The first-order chi connectivity index (χ1) is 14.0. The van der Waals surface area contributed by atoms with Crippen LogP contribution in [0.1, 0.15) is 36.5 Å². The monoisotopic (exact) mass is 564 g/mol. The van der Waals surface area contributed by atoms with Gasteiger partial charge in [-0.2, -0.15) is 0 Å². The molecule has 0 amide bonds. The van der Waals surface area contributed by atoms with Crippen molar-refractivity contribution in [2.45, 2.75) is 45.1 Å². The summed E-state index contributed by atoms with van der Waals surface area (Å²) in [5, 5.41) is 16.8. The summed E-state index contributed by atoms with van der Waals surface area (Å²) in [5.74, 6) is 1.64. The number of nitrogens with zero attached hydrogens (tertiary/aromatic N) is 1. The van der Waals surface area contributed by atoms with Crippen molar-refractivity contribution in [3.05, 3.63) is 53.0 Å². The summed E-state index contributed by atoms with van der Waals surface area (Å²) in [4.78, 5) is 4.68. The molecule has 0 fully saturated rings. The molecule has 1 aromatic carbocycles. The molecule has 31 heavy (non-hydrogen) atoms. The molecular weight excluding hydrogens is 531 g/mol. The molecule has 4 N–H and O–H groups in total. The van der Waals surface area contributed by atoms with Crippen LogP contribution >= 0.6 is 24.0 Å². The minimum atomic E-state index is -3.60. The van der Waals surface area contributed by atoms with Gasteiger partial charge in [0.15, 0.2) is 5.96 Å². The number of rotatable bonds is 9. The average molecular weight is 564 g/mol. The molecule has 0 radical (unpaired) electrons. The molecule has 10 heteroatoms. The molecule has 1 heterocycles. The highest BCUT2D eigenvalue weighted by molar-refractivity contribution is 14.0. The maximum atomic E-state index is 12.6. The molecular formula is C21H33IN4O4S. The SMILES string of the molecule is CCNC(=NCC(C)(O)c1ccc(C)o1)NCCNS(=O)(=O)c1cc(C)ccc1C.I. The van der Waals surface area contributed by atoms with Gasteiger partial charge in [0, 0.05) is 19.6 Å². The van der Waals surface area contributed by atoms with Gasteiger partial charge in [0.25, 0.3) is 0 Å². The Labute approximate surface area is 202 Å². The molecule has 0 saturated carbocycles. The maximum absolute atomic E-state index is 12.6. The molecule has 0 saturated heterocycles. The molecule has 8 nitrogen and oxygen atoms in total. The summed E-state index contributed by atoms with van der Waals surface area (Å²) < 4.78 is 33.2. The van der Waals surface area contributed by atoms with Crippen LogP contribution in [0.5, 0.6) is 0 Å². The van der Waals surface area contributed by atoms with Crippen molar-refractivity contribution in [2.24, 2.45) is 4.99 Å². The third-order valence-electron chi connectivity index (χ3n) is 4.50. The van der Waals surface area contributed by atoms with Crippen LogP contribution in [-0.2, 0) is 15.6 Å². The lowest BCUT2D eigenvalue weighted by Crippen LogP contribution is -2.42. The molecule has 0 aliphatic carbocycles. The van der Waals surface area contributed by atoms with Crippen LogP contribution in [0.15, 0.2) is 44.6 Å². The highest BCUT2D eigenvalue weighted by Crippen LogP contribution is 2.23. The summed E-state index contributed by atoms with van der Waals surface area (Å²) in [7, 11) is -3.60. The average Bonchev–Trinajstić information content (AvgIpc) is 3.12. The van der Waals surface area contributed by atoms with Gasteiger partial charge < -0.3 is 20.2 Å². The van der Waals surface area contributed by atoms with E-state index < -0.39 is 15.6 Å². The zero-order valence-electron chi connectivity index (χ0n) is 18.7. The first-order valence-corrected chi connectivity index (χ1v) is 11.4. The Morgan fingerprint density at radius 3 is 2.45 bits per heavy atom. The van der Waals surface area contributed by atoms with Crippen LogP contribution in [-0.4, -0.2) is 45.7 Å². The fourth-order valence-corrected chi connectivity index (χ4v) is 4.18. The second-order valence-corrected chi connectivity index (χ2v) is 9.21. The number of aryl methyl sites for hydroxylation is 3. The molecule has 0 bridgehead atoms. The topological polar surface area (TPSA) is 116 Å². The fraction of sp³-hybridized carbons (Fsp3) is 0.476. The Bertz CT molecular complexity index is 987. The smallest absolute Gasteiger partial charge is 0.240 e. The number of furan rings is 1. The second kappa shape index (κ2) is 11.8. The normalized spacial score (nSPS) is 13.9. The van der Waals surface area contributed by atoms with Gasteiger partial charge in [-0.1, -0.05) is 12.1 Å². The molecule has 174 valence electrons. The molecule has 0 aliphatic rings. The molecule has 2 aromatic rings. The van der Waals surface area contributed by atoms with E-state index in [0.29, 0.717) is 30.4 Å². The number of benzene rings is 1. The number of aliphatic hydroxyl groups is 1. The summed E-state index contributed by atoms with van der Waals surface area (Å²) in [6.45, 7) is 10.2. The number of halogens is 1. The van der Waals surface area contributed by atoms with Gasteiger partial charge in [0.2, 0.25) is 10.0 Å². The molecule has 1 aromatic heterocycles. The largest absolute Gasteiger partial charge is 0.463 e. The van der Waals surface area contributed by atoms with Crippen molar-refractivity contribution in [1.29, 1.82) is 0 Å². The number of hydrogen-bond donors (Lipinski definition) is 4. The minimum Gasteiger partial charge on any atom is -0.463 e. The van der Waals surface area contributed by atoms with Crippen molar-refractivity contribution in [3.8, 4) is 0 Å². The summed E-state index contributed by atoms with van der Waals surface area (Å²) in [5.41, 5.74) is 0.340. The number of guanidine groups is 1. The van der Waals surface area contributed by atoms with Crippen LogP contribution in [0.25, 0.3) is 0 Å². The number of sulfonamides is 1. The van der Waals surface area contributed by atoms with Crippen molar-refractivity contribution in [1.82, 2.24) is 15.4 Å². The van der Waals surface area contributed by atoms with Gasteiger partial charge in [-0.05, 0) is 63.9 Å². The lowest BCUT2D eigenvalue weighted by atomic mass is 10.0. The first kappa shape index (κ1) is 27.4. The van der Waals surface area contributed by atoms with E-state index in [1.165, 1.54) is 0 Å². The van der Waals surface area contributed by atoms with Gasteiger partial charge in [0.05, 0.1) is 11.4 Å². The highest BCUT2D eigenvalue weighted by Gasteiger charge is 2.26. The third-order valence-corrected chi connectivity index (χ3v) is 6.11. The van der Waals surface area contributed by atoms with E-state index in [4.69, 9.17) is 4.42 Å². The van der Waals surface area contributed by atoms with Crippen LogP contribution in [0.3, 0.4) is 0 Å². The van der Waals surface area contributed by atoms with Crippen LogP contribution < -0.4 is 15.4 Å². The minimum absolute atomic E-state index is 0. The predicted octanol–water partition coefficient (Wildman–Crippen LogP) is 2.56. The molecule has 2 rings (SSSR count). The second-order valence-electron chi connectivity index (χ2n) is 7.47. The summed E-state index contributed by atoms with van der Waals surface area (Å²) in [6, 6.07) is 8.86. The zero-order chi connectivity index (χ0) is 22.4. The van der Waals surface area contributed by atoms with Gasteiger partial charge in [-0.15, -0.1) is 24.0 Å². The van der Waals surface area contributed by atoms with E-state index in [9.17, 15) is 13.5 Å². The van der Waals surface area contributed by atoms with Crippen molar-refractivity contribution in [2.75, 3.05) is 26.2 Å². The van der Waals surface area contributed by atoms with Crippen molar-refractivity contribution >= 4 is 40.0 Å². The highest BCUT2D eigenvalue weighted by atomic mass is 127. The molecule has 0 aliphatic heterocycles. The standard InChI is InChI=1S/C21H32N4O4S.HI/c1-6-22-20(24-14-21(5,26)19-10-9-17(4)29-19)23-11-12-25-30(27,28)18-13-15(2)7-8-16(18)3;/h7-10,13,25-26H,6,11-12,14H2,1-5H3,(H2,22,23,24);1H. The maximum Gasteiger partial charge on any atom is 0.240 e. The molecule has 1 unspecified atom stereocenters. The van der Waals surface area contributed by atoms with Gasteiger partial charge >= 0.3 is 0 Å². The Hall–Kier alpha value is -1.63. The number of hydrogen-bond acceptors (Lipinski definition) is 5. The lowest BCUT2D eigenvalue weighted by molar-refractivity contribution is 0.0428. The summed E-state index contributed by atoms with van der Waals surface area (Å²) in [6.07, 6.45) is 0. The Morgan fingerprint density at radius 2 is 1.84 bits per heavy atom. The van der Waals surface area contributed by atoms with Crippen LogP contribution in [0.4, 0.5) is 0 Å². The Kier molecular flexibility index (Phi) is 10.5. The van der Waals surface area contributed by atoms with E-state index >= 15 is 0 Å². The van der Waals surface area contributed by atoms with Crippen molar-refractivity contribution in [3.63, 3.8) is 0 Å². The first-order valence-electron chi connectivity index (χ1n) is 9.93. The molecule has 1 atom stereocenters. The van der Waals surface area contributed by atoms with Gasteiger partial charge in [-0.25, -0.2) is 18.1 Å². The van der Waals surface area contributed by atoms with Crippen molar-refractivity contribution < 1.29 is 17.9 Å². The molecule has 0 spiro atoms. The fourth-order valence-electron chi connectivity index (χ4n) is 2.82. The Balaban J connectivity index is 0.00000480. The van der Waals surface area contributed by atoms with E-state index in [1.807, 2.05) is 26.8 Å². The van der Waals surface area contributed by atoms with E-state index in [-0.39, 0.29) is 42.0 Å². The van der Waals surface area contributed by atoms with E-state index in [2.05, 4.69) is 20.3 Å². The van der Waals surface area contributed by atoms with Crippen LogP contribution in [0.2, 0.25) is 0 Å². The zero-order valence-corrected chi connectivity index (χ0v) is 21.8. The predicted molar refractivity (Wildman–Crippen MR) is 134 cm³/mol.